The van der Waals surface area contributed by atoms with Gasteiger partial charge in [-0.3, -0.25) is 5.73 Å². The third-order valence-electron chi connectivity index (χ3n) is 2.05. The van der Waals surface area contributed by atoms with Crippen LogP contribution < -0.4 is 5.73 Å². The Labute approximate surface area is 82.8 Å². The average Bonchev–Trinajstić information content (AvgIpc) is 2.15. The topological polar surface area (TPSA) is 72.3 Å². The quantitative estimate of drug-likeness (QED) is 0.244. The third kappa shape index (κ3) is 2.16. The fraction of sp³-hybridized carbons (Fsp3) is 0.300. The highest BCUT2D eigenvalue weighted by molar-refractivity contribution is 5.93. The van der Waals surface area contributed by atoms with Gasteiger partial charge >= 0.3 is 5.84 Å². The van der Waals surface area contributed by atoms with Gasteiger partial charge in [0.25, 0.3) is 0 Å². The lowest BCUT2D eigenvalue weighted by Gasteiger charge is -2.04. The van der Waals surface area contributed by atoms with Gasteiger partial charge in [-0.1, -0.05) is 13.0 Å². The van der Waals surface area contributed by atoms with Gasteiger partial charge in [-0.05, 0) is 41.5 Å². The third-order valence-corrected chi connectivity index (χ3v) is 2.05. The molecule has 0 unspecified atom stereocenters. The van der Waals surface area contributed by atoms with E-state index >= 15 is 0 Å². The number of nitrogens with zero attached hydrogens (tertiary/aromatic N) is 1. The van der Waals surface area contributed by atoms with Crippen LogP contribution in [0.2, 0.25) is 0 Å². The fourth-order valence-corrected chi connectivity index (χ4v) is 1.32. The molecule has 76 valence electrons. The molecule has 0 radical (unpaired) electrons. The maximum absolute atomic E-state index is 10.6. The Hall–Kier alpha value is -1.71. The minimum Gasteiger partial charge on any atom is -0.490 e. The molecule has 0 saturated carbocycles. The molecule has 0 aromatic heterocycles. The van der Waals surface area contributed by atoms with Gasteiger partial charge in [0, 0.05) is 0 Å². The molecular formula is C10H14N2O2. The lowest BCUT2D eigenvalue weighted by atomic mass is 10.0. The van der Waals surface area contributed by atoms with E-state index in [9.17, 15) is 5.21 Å². The average molecular weight is 194 g/mol. The summed E-state index contributed by atoms with van der Waals surface area (Å²) in [6, 6.07) is 5.57. The van der Waals surface area contributed by atoms with Crippen LogP contribution in [-0.2, 0) is 6.42 Å². The lowest BCUT2D eigenvalue weighted by molar-refractivity contribution is -0.726. The first kappa shape index (κ1) is 10.4. The van der Waals surface area contributed by atoms with Gasteiger partial charge in [-0.25, -0.2) is 0 Å². The maximum atomic E-state index is 10.6. The first-order chi connectivity index (χ1) is 6.54. The molecule has 4 nitrogen and oxygen atoms in total. The second kappa shape index (κ2) is 4.00. The fourth-order valence-electron chi connectivity index (χ4n) is 1.32. The molecule has 0 heterocycles. The van der Waals surface area contributed by atoms with Gasteiger partial charge in [-0.15, -0.1) is 0 Å². The highest BCUT2D eigenvalue weighted by Crippen LogP contribution is 2.09. The van der Waals surface area contributed by atoms with Crippen molar-refractivity contribution >= 4 is 5.84 Å². The summed E-state index contributed by atoms with van der Waals surface area (Å²) >= 11 is 0. The number of hydrogen-bond acceptors (Lipinski definition) is 2. The van der Waals surface area contributed by atoms with Crippen LogP contribution in [0.15, 0.2) is 18.2 Å². The van der Waals surface area contributed by atoms with Gasteiger partial charge in [-0.2, -0.15) is 0 Å². The van der Waals surface area contributed by atoms with Gasteiger partial charge in [0.1, 0.15) is 0 Å². The zero-order chi connectivity index (χ0) is 10.7. The molecule has 0 aliphatic heterocycles. The van der Waals surface area contributed by atoms with Crippen molar-refractivity contribution in [3.05, 3.63) is 40.1 Å². The van der Waals surface area contributed by atoms with Crippen LogP contribution in [0.3, 0.4) is 0 Å². The highest BCUT2D eigenvalue weighted by Gasteiger charge is 2.08. The monoisotopic (exact) mass is 194 g/mol. The predicted molar refractivity (Wildman–Crippen MR) is 54.3 cm³/mol. The Morgan fingerprint density at radius 2 is 2.14 bits per heavy atom. The number of hydrogen-bond donors (Lipinski definition) is 2. The molecule has 0 aliphatic rings. The van der Waals surface area contributed by atoms with Crippen molar-refractivity contribution in [3.8, 4) is 0 Å². The number of rotatable bonds is 2. The molecule has 0 aliphatic carbocycles. The summed E-state index contributed by atoms with van der Waals surface area (Å²) in [4.78, 5) is -0.311. The molecule has 0 fully saturated rings. The number of benzene rings is 1. The van der Waals surface area contributed by atoms with Crippen LogP contribution in [0.1, 0.15) is 23.6 Å². The van der Waals surface area contributed by atoms with Crippen LogP contribution >= 0.6 is 0 Å². The zero-order valence-electron chi connectivity index (χ0n) is 8.32. The summed E-state index contributed by atoms with van der Waals surface area (Å²) in [6.45, 7) is 3.94. The molecule has 1 rings (SSSR count). The molecule has 14 heavy (non-hydrogen) atoms. The summed E-state index contributed by atoms with van der Waals surface area (Å²) in [5, 5.41) is 19.2. The van der Waals surface area contributed by atoms with Crippen LogP contribution in [-0.4, -0.2) is 15.9 Å². The molecule has 0 amide bonds. The molecule has 0 bridgehead atoms. The number of aryl methyl sites for hydroxylation is 2. The first-order valence-corrected chi connectivity index (χ1v) is 4.44. The Bertz CT molecular complexity index is 368. The van der Waals surface area contributed by atoms with E-state index in [0.717, 1.165) is 17.5 Å². The van der Waals surface area contributed by atoms with Crippen LogP contribution in [0.5, 0.6) is 0 Å². The summed E-state index contributed by atoms with van der Waals surface area (Å²) in [6.07, 6.45) is 0.867. The highest BCUT2D eigenvalue weighted by atomic mass is 16.8. The second-order valence-corrected chi connectivity index (χ2v) is 3.22. The lowest BCUT2D eigenvalue weighted by Crippen LogP contribution is -2.23. The van der Waals surface area contributed by atoms with Crippen molar-refractivity contribution in [1.82, 2.24) is 0 Å². The van der Waals surface area contributed by atoms with E-state index in [2.05, 4.69) is 0 Å². The van der Waals surface area contributed by atoms with Gasteiger partial charge in [0.05, 0.1) is 5.56 Å². The Kier molecular flexibility index (Phi) is 2.96. The van der Waals surface area contributed by atoms with Crippen molar-refractivity contribution in [2.75, 3.05) is 0 Å². The van der Waals surface area contributed by atoms with E-state index in [1.54, 1.807) is 12.1 Å². The SMILES string of the molecule is CCc1cc(C)cc(C(N)=[N+]([O-])O)c1. The van der Waals surface area contributed by atoms with Crippen LogP contribution in [0.25, 0.3) is 0 Å². The van der Waals surface area contributed by atoms with Crippen LogP contribution in [0.4, 0.5) is 0 Å². The molecule has 1 aromatic carbocycles. The summed E-state index contributed by atoms with van der Waals surface area (Å²) in [5.41, 5.74) is 8.07. The number of nitrogens with two attached hydrogens (primary N) is 1. The molecule has 0 atom stereocenters. The Balaban J connectivity index is 3.23. The predicted octanol–water partition coefficient (Wildman–Crippen LogP) is 1.16. The minimum atomic E-state index is -0.311. The standard InChI is InChI=1S/C10H14N2O2/c1-3-8-4-7(2)5-9(6-8)10(11)12(13)14/h4-6H,3,11H2,1-2H3,(H,13,14). The van der Waals surface area contributed by atoms with E-state index < -0.39 is 0 Å². The zero-order valence-corrected chi connectivity index (χ0v) is 8.32. The summed E-state index contributed by atoms with van der Waals surface area (Å²) < 4.78 is 0. The van der Waals surface area contributed by atoms with Gasteiger partial charge in [0.15, 0.2) is 0 Å². The van der Waals surface area contributed by atoms with Gasteiger partial charge < -0.3 is 10.4 Å². The first-order valence-electron chi connectivity index (χ1n) is 4.44. The van der Waals surface area contributed by atoms with Crippen molar-refractivity contribution in [2.45, 2.75) is 20.3 Å². The molecule has 0 saturated heterocycles. The Morgan fingerprint density at radius 3 is 2.64 bits per heavy atom. The second-order valence-electron chi connectivity index (χ2n) is 3.22. The van der Waals surface area contributed by atoms with E-state index in [1.165, 1.54) is 0 Å². The van der Waals surface area contributed by atoms with E-state index in [-0.39, 0.29) is 10.7 Å². The summed E-state index contributed by atoms with van der Waals surface area (Å²) in [7, 11) is 0. The van der Waals surface area contributed by atoms with Crippen LogP contribution in [0, 0.1) is 12.1 Å². The summed E-state index contributed by atoms with van der Waals surface area (Å²) in [5.74, 6) is -0.177. The molecule has 1 aromatic rings. The molecule has 4 heteroatoms. The van der Waals surface area contributed by atoms with Crippen molar-refractivity contribution in [3.63, 3.8) is 0 Å². The molecule has 3 N–H and O–H groups in total. The van der Waals surface area contributed by atoms with Crippen molar-refractivity contribution < 1.29 is 10.1 Å². The molecule has 0 spiro atoms. The molecular weight excluding hydrogens is 180 g/mol. The van der Waals surface area contributed by atoms with E-state index in [1.807, 2.05) is 19.9 Å². The minimum absolute atomic E-state index is 0.177. The Morgan fingerprint density at radius 1 is 1.50 bits per heavy atom. The maximum Gasteiger partial charge on any atom is 0.319 e. The largest absolute Gasteiger partial charge is 0.490 e. The van der Waals surface area contributed by atoms with E-state index in [4.69, 9.17) is 10.9 Å². The number of amidine groups is 1. The smallest absolute Gasteiger partial charge is 0.319 e. The van der Waals surface area contributed by atoms with Gasteiger partial charge in [0.2, 0.25) is 0 Å². The normalized spacial score (nSPS) is 12.4. The van der Waals surface area contributed by atoms with E-state index in [0.29, 0.717) is 5.56 Å². The van der Waals surface area contributed by atoms with Crippen molar-refractivity contribution in [2.24, 2.45) is 5.73 Å². The van der Waals surface area contributed by atoms with Crippen molar-refractivity contribution in [1.29, 1.82) is 0 Å².